The van der Waals surface area contributed by atoms with Crippen molar-refractivity contribution in [3.8, 4) is 17.6 Å². The molecule has 0 amide bonds. The average Bonchev–Trinajstić information content (AvgIpc) is 2.59. The largest absolute Gasteiger partial charge is 0.490 e. The molecule has 0 unspecified atom stereocenters. The van der Waals surface area contributed by atoms with E-state index in [1.807, 2.05) is 13.0 Å². The predicted octanol–water partition coefficient (Wildman–Crippen LogP) is 3.08. The third kappa shape index (κ3) is 4.75. The third-order valence-corrected chi connectivity index (χ3v) is 3.02. The maximum Gasteiger partial charge on any atom is 0.344 e. The molecule has 2 rings (SSSR count). The van der Waals surface area contributed by atoms with Crippen molar-refractivity contribution >= 4 is 5.97 Å². The van der Waals surface area contributed by atoms with E-state index in [1.54, 1.807) is 42.5 Å². The van der Waals surface area contributed by atoms with E-state index in [0.29, 0.717) is 29.2 Å². The van der Waals surface area contributed by atoms with Crippen LogP contribution in [0.1, 0.15) is 18.1 Å². The number of rotatable bonds is 7. The molecule has 0 aliphatic rings. The van der Waals surface area contributed by atoms with Crippen LogP contribution in [0.5, 0.6) is 11.5 Å². The zero-order valence-corrected chi connectivity index (χ0v) is 12.8. The van der Waals surface area contributed by atoms with Gasteiger partial charge >= 0.3 is 5.97 Å². The van der Waals surface area contributed by atoms with E-state index in [-0.39, 0.29) is 13.2 Å². The van der Waals surface area contributed by atoms with E-state index < -0.39 is 5.97 Å². The molecule has 0 spiro atoms. The van der Waals surface area contributed by atoms with Crippen molar-refractivity contribution in [1.82, 2.24) is 0 Å². The molecule has 0 heterocycles. The summed E-state index contributed by atoms with van der Waals surface area (Å²) in [6.45, 7) is 2.20. The number of carbonyl (C=O) groups excluding carboxylic acids is 1. The fourth-order valence-corrected chi connectivity index (χ4v) is 1.94. The summed E-state index contributed by atoms with van der Waals surface area (Å²) in [5, 5.41) is 8.99. The summed E-state index contributed by atoms with van der Waals surface area (Å²) in [7, 11) is 0. The Labute approximate surface area is 135 Å². The minimum absolute atomic E-state index is 0.0407. The maximum atomic E-state index is 11.8. The van der Waals surface area contributed by atoms with Gasteiger partial charge in [-0.2, -0.15) is 5.26 Å². The van der Waals surface area contributed by atoms with Crippen LogP contribution < -0.4 is 9.47 Å². The minimum Gasteiger partial charge on any atom is -0.490 e. The molecule has 0 bridgehead atoms. The average molecular weight is 311 g/mol. The molecule has 0 saturated carbocycles. The lowest BCUT2D eigenvalue weighted by Crippen LogP contribution is -2.15. The highest BCUT2D eigenvalue weighted by Gasteiger charge is 2.09. The van der Waals surface area contributed by atoms with Gasteiger partial charge in [0.05, 0.1) is 18.2 Å². The summed E-state index contributed by atoms with van der Waals surface area (Å²) in [6.07, 6.45) is 0. The molecule has 0 radical (unpaired) electrons. The number of hydrogen-bond donors (Lipinski definition) is 0. The molecule has 0 aliphatic heterocycles. The van der Waals surface area contributed by atoms with Crippen LogP contribution >= 0.6 is 0 Å². The van der Waals surface area contributed by atoms with Crippen molar-refractivity contribution in [2.75, 3.05) is 13.2 Å². The lowest BCUT2D eigenvalue weighted by molar-refractivity contribution is -0.147. The molecule has 0 saturated heterocycles. The maximum absolute atomic E-state index is 11.8. The van der Waals surface area contributed by atoms with E-state index in [2.05, 4.69) is 6.07 Å². The number of carbonyl (C=O) groups is 1. The molecule has 0 atom stereocenters. The molecule has 23 heavy (non-hydrogen) atoms. The molecule has 0 aromatic heterocycles. The molecule has 2 aromatic rings. The van der Waals surface area contributed by atoms with Crippen molar-refractivity contribution in [3.05, 3.63) is 59.7 Å². The van der Waals surface area contributed by atoms with Crippen LogP contribution in [0, 0.1) is 11.3 Å². The Kier molecular flexibility index (Phi) is 6.01. The zero-order chi connectivity index (χ0) is 16.5. The van der Waals surface area contributed by atoms with Gasteiger partial charge in [-0.25, -0.2) is 4.79 Å². The Morgan fingerprint density at radius 2 is 1.70 bits per heavy atom. The van der Waals surface area contributed by atoms with E-state index in [9.17, 15) is 4.79 Å². The first-order valence-corrected chi connectivity index (χ1v) is 7.23. The minimum atomic E-state index is -0.510. The van der Waals surface area contributed by atoms with Crippen LogP contribution in [0.25, 0.3) is 0 Å². The van der Waals surface area contributed by atoms with E-state index >= 15 is 0 Å². The molecule has 2 aromatic carbocycles. The summed E-state index contributed by atoms with van der Waals surface area (Å²) in [6, 6.07) is 16.2. The van der Waals surface area contributed by atoms with Gasteiger partial charge in [0.1, 0.15) is 6.61 Å². The summed E-state index contributed by atoms with van der Waals surface area (Å²) in [5.74, 6) is 0.561. The van der Waals surface area contributed by atoms with E-state index in [0.717, 1.165) is 0 Å². The molecule has 5 heteroatoms. The summed E-state index contributed by atoms with van der Waals surface area (Å²) in [4.78, 5) is 11.8. The number of benzene rings is 2. The lowest BCUT2D eigenvalue weighted by Gasteiger charge is -2.11. The Bertz CT molecular complexity index is 706. The second-order valence-electron chi connectivity index (χ2n) is 4.60. The van der Waals surface area contributed by atoms with Crippen molar-refractivity contribution in [2.24, 2.45) is 0 Å². The molecule has 0 aliphatic carbocycles. The number of nitrogens with zero attached hydrogens (tertiary/aromatic N) is 1. The van der Waals surface area contributed by atoms with Crippen LogP contribution in [-0.4, -0.2) is 19.2 Å². The van der Waals surface area contributed by atoms with Gasteiger partial charge in [-0.05, 0) is 25.1 Å². The molecule has 5 nitrogen and oxygen atoms in total. The monoisotopic (exact) mass is 311 g/mol. The second kappa shape index (κ2) is 8.44. The molecule has 0 N–H and O–H groups in total. The smallest absolute Gasteiger partial charge is 0.344 e. The third-order valence-electron chi connectivity index (χ3n) is 3.02. The van der Waals surface area contributed by atoms with Crippen molar-refractivity contribution in [2.45, 2.75) is 13.5 Å². The summed E-state index contributed by atoms with van der Waals surface area (Å²) >= 11 is 0. The Morgan fingerprint density at radius 3 is 2.39 bits per heavy atom. The zero-order valence-electron chi connectivity index (χ0n) is 12.8. The molecule has 0 fully saturated rings. The van der Waals surface area contributed by atoms with Gasteiger partial charge < -0.3 is 14.2 Å². The fraction of sp³-hybridized carbons (Fsp3) is 0.222. The standard InChI is InChI=1S/C18H17NO4/c1-2-21-16-9-5-6-10-17(16)22-13-18(20)23-12-15-8-4-3-7-14(15)11-19/h3-10H,2,12-13H2,1H3. The molecule has 118 valence electrons. The van der Waals surface area contributed by atoms with Gasteiger partial charge in [0, 0.05) is 5.56 Å². The van der Waals surface area contributed by atoms with E-state index in [4.69, 9.17) is 19.5 Å². The van der Waals surface area contributed by atoms with Crippen LogP contribution in [0.3, 0.4) is 0 Å². The van der Waals surface area contributed by atoms with Crippen LogP contribution in [0.4, 0.5) is 0 Å². The number of ether oxygens (including phenoxy) is 3. The molecular weight excluding hydrogens is 294 g/mol. The van der Waals surface area contributed by atoms with E-state index in [1.165, 1.54) is 0 Å². The highest BCUT2D eigenvalue weighted by atomic mass is 16.6. The van der Waals surface area contributed by atoms with Gasteiger partial charge in [-0.3, -0.25) is 0 Å². The Morgan fingerprint density at radius 1 is 1.04 bits per heavy atom. The second-order valence-corrected chi connectivity index (χ2v) is 4.60. The summed E-state index contributed by atoms with van der Waals surface area (Å²) < 4.78 is 16.0. The van der Waals surface area contributed by atoms with Crippen molar-refractivity contribution in [3.63, 3.8) is 0 Å². The van der Waals surface area contributed by atoms with Crippen molar-refractivity contribution < 1.29 is 19.0 Å². The van der Waals surface area contributed by atoms with Crippen molar-refractivity contribution in [1.29, 1.82) is 5.26 Å². The quantitative estimate of drug-likeness (QED) is 0.735. The first kappa shape index (κ1) is 16.4. The normalized spacial score (nSPS) is 9.74. The van der Waals surface area contributed by atoms with Gasteiger partial charge in [-0.1, -0.05) is 30.3 Å². The Hall–Kier alpha value is -3.00. The summed E-state index contributed by atoms with van der Waals surface area (Å²) in [5.41, 5.74) is 1.15. The fourth-order valence-electron chi connectivity index (χ4n) is 1.94. The van der Waals surface area contributed by atoms with Gasteiger partial charge in [-0.15, -0.1) is 0 Å². The first-order chi connectivity index (χ1) is 11.2. The van der Waals surface area contributed by atoms with Gasteiger partial charge in [0.15, 0.2) is 18.1 Å². The van der Waals surface area contributed by atoms with Crippen LogP contribution in [0.2, 0.25) is 0 Å². The number of para-hydroxylation sites is 2. The SMILES string of the molecule is CCOc1ccccc1OCC(=O)OCc1ccccc1C#N. The van der Waals surface area contributed by atoms with Gasteiger partial charge in [0.25, 0.3) is 0 Å². The number of esters is 1. The predicted molar refractivity (Wildman–Crippen MR) is 84.1 cm³/mol. The number of hydrogen-bond acceptors (Lipinski definition) is 5. The van der Waals surface area contributed by atoms with Gasteiger partial charge in [0.2, 0.25) is 0 Å². The van der Waals surface area contributed by atoms with Crippen LogP contribution in [-0.2, 0) is 16.1 Å². The highest BCUT2D eigenvalue weighted by molar-refractivity contribution is 5.71. The Balaban J connectivity index is 1.87. The number of nitriles is 1. The molecular formula is C18H17NO4. The van der Waals surface area contributed by atoms with Crippen LogP contribution in [0.15, 0.2) is 48.5 Å². The highest BCUT2D eigenvalue weighted by Crippen LogP contribution is 2.26. The lowest BCUT2D eigenvalue weighted by atomic mass is 10.1. The first-order valence-electron chi connectivity index (χ1n) is 7.23. The topological polar surface area (TPSA) is 68.6 Å².